The number of carbonyl (C=O) groups is 3. The highest BCUT2D eigenvalue weighted by molar-refractivity contribution is 8.18. The van der Waals surface area contributed by atoms with Gasteiger partial charge in [-0.2, -0.15) is 0 Å². The molecule has 0 aromatic heterocycles. The Morgan fingerprint density at radius 1 is 1.21 bits per heavy atom. The van der Waals surface area contributed by atoms with Crippen LogP contribution in [0.25, 0.3) is 6.08 Å². The molecule has 0 aliphatic carbocycles. The van der Waals surface area contributed by atoms with Crippen LogP contribution in [0, 0.1) is 0 Å². The standard InChI is InChI=1S/C16H17NO6S/c1-9(15(19)23-4)17-14(18)13(24-16(17)20)7-10-5-6-11(21-2)8-12(10)22-3/h5-9H,1-4H3/b13-7+/t9-/m1/s1. The molecular formula is C16H17NO6S. The molecule has 1 fully saturated rings. The fourth-order valence-electron chi connectivity index (χ4n) is 2.17. The molecule has 1 heterocycles. The number of carbonyl (C=O) groups excluding carboxylic acids is 3. The molecule has 2 amide bonds. The topological polar surface area (TPSA) is 82.1 Å². The minimum Gasteiger partial charge on any atom is -0.497 e. The average Bonchev–Trinajstić information content (AvgIpc) is 2.87. The Bertz CT molecular complexity index is 715. The second-order valence-electron chi connectivity index (χ2n) is 4.86. The van der Waals surface area contributed by atoms with Crippen molar-refractivity contribution in [2.45, 2.75) is 13.0 Å². The normalized spacial score (nSPS) is 17.2. The average molecular weight is 351 g/mol. The lowest BCUT2D eigenvalue weighted by atomic mass is 10.1. The van der Waals surface area contributed by atoms with Gasteiger partial charge in [-0.25, -0.2) is 4.79 Å². The summed E-state index contributed by atoms with van der Waals surface area (Å²) in [6.45, 7) is 1.44. The number of imide groups is 1. The van der Waals surface area contributed by atoms with Crippen LogP contribution in [-0.2, 0) is 14.3 Å². The van der Waals surface area contributed by atoms with E-state index in [1.165, 1.54) is 28.3 Å². The van der Waals surface area contributed by atoms with Crippen LogP contribution in [-0.4, -0.2) is 49.4 Å². The van der Waals surface area contributed by atoms with E-state index in [9.17, 15) is 14.4 Å². The number of rotatable bonds is 5. The monoisotopic (exact) mass is 351 g/mol. The fraction of sp³-hybridized carbons (Fsp3) is 0.312. The maximum absolute atomic E-state index is 12.4. The molecule has 0 saturated carbocycles. The van der Waals surface area contributed by atoms with Gasteiger partial charge in [0.2, 0.25) is 0 Å². The summed E-state index contributed by atoms with van der Waals surface area (Å²) < 4.78 is 15.0. The third-order valence-corrected chi connectivity index (χ3v) is 4.36. The zero-order valence-corrected chi connectivity index (χ0v) is 14.5. The molecule has 1 saturated heterocycles. The zero-order chi connectivity index (χ0) is 17.9. The summed E-state index contributed by atoms with van der Waals surface area (Å²) in [5, 5.41) is -0.517. The molecular weight excluding hydrogens is 334 g/mol. The predicted molar refractivity (Wildman–Crippen MR) is 88.8 cm³/mol. The van der Waals surface area contributed by atoms with E-state index in [0.717, 1.165) is 16.7 Å². The molecule has 0 spiro atoms. The second-order valence-corrected chi connectivity index (χ2v) is 5.85. The Labute approximate surface area is 143 Å². The van der Waals surface area contributed by atoms with E-state index >= 15 is 0 Å². The number of esters is 1. The predicted octanol–water partition coefficient (Wildman–Crippen LogP) is 2.30. The molecule has 24 heavy (non-hydrogen) atoms. The Morgan fingerprint density at radius 3 is 2.50 bits per heavy atom. The lowest BCUT2D eigenvalue weighted by Crippen LogP contribution is -2.42. The molecule has 7 nitrogen and oxygen atoms in total. The third-order valence-electron chi connectivity index (χ3n) is 3.48. The van der Waals surface area contributed by atoms with E-state index in [4.69, 9.17) is 9.47 Å². The van der Waals surface area contributed by atoms with Crippen LogP contribution >= 0.6 is 11.8 Å². The van der Waals surface area contributed by atoms with Crippen molar-refractivity contribution in [1.29, 1.82) is 0 Å². The maximum Gasteiger partial charge on any atom is 0.328 e. The molecule has 1 aromatic rings. The minimum atomic E-state index is -0.980. The van der Waals surface area contributed by atoms with Gasteiger partial charge in [-0.1, -0.05) is 0 Å². The summed E-state index contributed by atoms with van der Waals surface area (Å²) in [4.78, 5) is 37.2. The Hall–Kier alpha value is -2.48. The number of thioether (sulfide) groups is 1. The van der Waals surface area contributed by atoms with Crippen molar-refractivity contribution in [2.75, 3.05) is 21.3 Å². The van der Waals surface area contributed by atoms with Crippen molar-refractivity contribution >= 4 is 35.0 Å². The van der Waals surface area contributed by atoms with Gasteiger partial charge < -0.3 is 14.2 Å². The number of methoxy groups -OCH3 is 3. The first-order valence-electron chi connectivity index (χ1n) is 6.99. The Balaban J connectivity index is 2.34. The van der Waals surface area contributed by atoms with Crippen molar-refractivity contribution in [3.05, 3.63) is 28.7 Å². The van der Waals surface area contributed by atoms with Crippen molar-refractivity contribution < 1.29 is 28.6 Å². The van der Waals surface area contributed by atoms with Crippen LogP contribution in [0.15, 0.2) is 23.1 Å². The SMILES string of the molecule is COC(=O)[C@@H](C)N1C(=O)S/C(=C/c2ccc(OC)cc2OC)C1=O. The molecule has 2 rings (SSSR count). The van der Waals surface area contributed by atoms with Gasteiger partial charge in [-0.15, -0.1) is 0 Å². The van der Waals surface area contributed by atoms with Gasteiger partial charge in [-0.05, 0) is 36.9 Å². The molecule has 0 bridgehead atoms. The van der Waals surface area contributed by atoms with Crippen LogP contribution in [0.5, 0.6) is 11.5 Å². The Kier molecular flexibility index (Phi) is 5.50. The lowest BCUT2D eigenvalue weighted by Gasteiger charge is -2.18. The minimum absolute atomic E-state index is 0.208. The zero-order valence-electron chi connectivity index (χ0n) is 13.7. The van der Waals surface area contributed by atoms with E-state index < -0.39 is 23.2 Å². The summed E-state index contributed by atoms with van der Waals surface area (Å²) in [5.41, 5.74) is 0.620. The summed E-state index contributed by atoms with van der Waals surface area (Å²) in [7, 11) is 4.24. The Morgan fingerprint density at radius 2 is 1.92 bits per heavy atom. The number of benzene rings is 1. The van der Waals surface area contributed by atoms with E-state index in [1.807, 2.05) is 0 Å². The highest BCUT2D eigenvalue weighted by atomic mass is 32.2. The first-order chi connectivity index (χ1) is 11.4. The van der Waals surface area contributed by atoms with Gasteiger partial charge in [0.05, 0.1) is 26.2 Å². The molecule has 0 radical (unpaired) electrons. The summed E-state index contributed by atoms with van der Waals surface area (Å²) in [6, 6.07) is 4.13. The van der Waals surface area contributed by atoms with Gasteiger partial charge in [0.1, 0.15) is 17.5 Å². The molecule has 0 unspecified atom stereocenters. The summed E-state index contributed by atoms with van der Waals surface area (Å²) >= 11 is 0.766. The molecule has 1 aliphatic rings. The van der Waals surface area contributed by atoms with Crippen molar-refractivity contribution in [2.24, 2.45) is 0 Å². The maximum atomic E-state index is 12.4. The fourth-order valence-corrected chi connectivity index (χ4v) is 3.07. The first-order valence-corrected chi connectivity index (χ1v) is 7.81. The highest BCUT2D eigenvalue weighted by Gasteiger charge is 2.41. The van der Waals surface area contributed by atoms with E-state index in [0.29, 0.717) is 17.1 Å². The summed E-state index contributed by atoms with van der Waals surface area (Å²) in [5.74, 6) is -0.0834. The van der Waals surface area contributed by atoms with Crippen LogP contribution in [0.3, 0.4) is 0 Å². The van der Waals surface area contributed by atoms with Gasteiger partial charge in [-0.3, -0.25) is 14.5 Å². The number of nitrogens with zero attached hydrogens (tertiary/aromatic N) is 1. The quantitative estimate of drug-likeness (QED) is 0.594. The van der Waals surface area contributed by atoms with Gasteiger partial charge in [0.25, 0.3) is 11.1 Å². The molecule has 128 valence electrons. The summed E-state index contributed by atoms with van der Waals surface area (Å²) in [6.07, 6.45) is 1.55. The largest absolute Gasteiger partial charge is 0.497 e. The van der Waals surface area contributed by atoms with Gasteiger partial charge >= 0.3 is 5.97 Å². The molecule has 1 aromatic carbocycles. The highest BCUT2D eigenvalue weighted by Crippen LogP contribution is 2.36. The van der Waals surface area contributed by atoms with Gasteiger partial charge in [0, 0.05) is 11.6 Å². The smallest absolute Gasteiger partial charge is 0.328 e. The second kappa shape index (κ2) is 7.39. The third kappa shape index (κ3) is 3.38. The first kappa shape index (κ1) is 17.9. The van der Waals surface area contributed by atoms with Crippen LogP contribution in [0.2, 0.25) is 0 Å². The number of hydrogen-bond donors (Lipinski definition) is 0. The lowest BCUT2D eigenvalue weighted by molar-refractivity contribution is -0.148. The van der Waals surface area contributed by atoms with Crippen molar-refractivity contribution in [3.8, 4) is 11.5 Å². The molecule has 0 N–H and O–H groups in total. The van der Waals surface area contributed by atoms with Crippen molar-refractivity contribution in [3.63, 3.8) is 0 Å². The van der Waals surface area contributed by atoms with Crippen LogP contribution in [0.1, 0.15) is 12.5 Å². The number of hydrogen-bond acceptors (Lipinski definition) is 7. The number of ether oxygens (including phenoxy) is 3. The van der Waals surface area contributed by atoms with E-state index in [1.54, 1.807) is 24.3 Å². The molecule has 1 aliphatic heterocycles. The van der Waals surface area contributed by atoms with E-state index in [2.05, 4.69) is 4.74 Å². The van der Waals surface area contributed by atoms with Crippen LogP contribution < -0.4 is 9.47 Å². The molecule has 8 heteroatoms. The van der Waals surface area contributed by atoms with Crippen molar-refractivity contribution in [1.82, 2.24) is 4.90 Å². The molecule has 1 atom stereocenters. The van der Waals surface area contributed by atoms with Gasteiger partial charge in [0.15, 0.2) is 0 Å². The number of amides is 2. The van der Waals surface area contributed by atoms with E-state index in [-0.39, 0.29) is 4.91 Å². The van der Waals surface area contributed by atoms with Crippen LogP contribution in [0.4, 0.5) is 4.79 Å².